The van der Waals surface area contributed by atoms with Gasteiger partial charge in [-0.3, -0.25) is 14.4 Å². The predicted octanol–water partition coefficient (Wildman–Crippen LogP) is 2.03. The first-order valence-electron chi connectivity index (χ1n) is 16.7. The summed E-state index contributed by atoms with van der Waals surface area (Å²) in [5.41, 5.74) is 10.4. The van der Waals surface area contributed by atoms with Crippen LogP contribution in [0.4, 0.5) is 18.4 Å². The SMILES string of the molecule is CC(C)(C)OC(=O)N[C@@H](Cc1ccc(F)cc1)C(N)=O.COC(=O)[C@@H](N)CO.COC(=O)[C@H](CO)NC[C@H](Cc1ccc(F)cc1)NC(=O)OC(C)(C)C.Cl. The monoisotopic (exact) mass is 807 g/mol. The van der Waals surface area contributed by atoms with Gasteiger partial charge in [0.2, 0.25) is 5.91 Å². The molecule has 0 saturated carbocycles. The van der Waals surface area contributed by atoms with E-state index in [0.717, 1.165) is 5.56 Å². The van der Waals surface area contributed by atoms with Crippen molar-refractivity contribution in [2.24, 2.45) is 11.5 Å². The van der Waals surface area contributed by atoms with E-state index in [4.69, 9.17) is 26.0 Å². The molecule has 0 aliphatic rings. The van der Waals surface area contributed by atoms with Gasteiger partial charge in [-0.2, -0.15) is 0 Å². The van der Waals surface area contributed by atoms with E-state index >= 15 is 0 Å². The van der Waals surface area contributed by atoms with Crippen molar-refractivity contribution in [2.75, 3.05) is 34.0 Å². The number of hydrogen-bond donors (Lipinski definition) is 7. The summed E-state index contributed by atoms with van der Waals surface area (Å²) in [6.07, 6.45) is -0.769. The van der Waals surface area contributed by atoms with Crippen LogP contribution >= 0.6 is 12.4 Å². The quantitative estimate of drug-likeness (QED) is 0.107. The van der Waals surface area contributed by atoms with Gasteiger partial charge >= 0.3 is 24.1 Å². The van der Waals surface area contributed by atoms with E-state index < -0.39 is 72.0 Å². The minimum Gasteiger partial charge on any atom is -0.468 e. The zero-order valence-corrected chi connectivity index (χ0v) is 33.2. The van der Waals surface area contributed by atoms with E-state index in [2.05, 4.69) is 25.4 Å². The van der Waals surface area contributed by atoms with Crippen molar-refractivity contribution >= 4 is 42.4 Å². The Hall–Kier alpha value is -4.62. The summed E-state index contributed by atoms with van der Waals surface area (Å²) < 4.78 is 44.9. The standard InChI is InChI=1S/C18H27FN2O5.C14H19FN2O3.C4H9NO3.ClH/c1-18(2,3)26-17(24)21-14(9-12-5-7-13(19)8-6-12)10-20-15(11-22)16(23)25-4;1-14(2,3)20-13(19)17-11(12(16)18)8-9-4-6-10(15)7-5-9;1-8-4(7)3(5)2-6;/h5-8,14-15,20,22H,9-11H2,1-4H3,(H,21,24);4-7,11H,8H2,1-3H3,(H2,16,18)(H,17,19);3,6H,2,5H2,1H3;1H/t14-,15-;11-;3-;/m000./s1. The summed E-state index contributed by atoms with van der Waals surface area (Å²) in [7, 11) is 2.44. The molecule has 0 radical (unpaired) electrons. The summed E-state index contributed by atoms with van der Waals surface area (Å²) in [5.74, 6) is -2.60. The summed E-state index contributed by atoms with van der Waals surface area (Å²) >= 11 is 0. The lowest BCUT2D eigenvalue weighted by Crippen LogP contribution is -2.50. The maximum absolute atomic E-state index is 13.1. The van der Waals surface area contributed by atoms with Crippen LogP contribution in [0.1, 0.15) is 52.7 Å². The topological polar surface area (TPSA) is 251 Å². The Morgan fingerprint density at radius 1 is 0.691 bits per heavy atom. The number of methoxy groups -OCH3 is 2. The number of halogens is 3. The van der Waals surface area contributed by atoms with Crippen LogP contribution in [0.3, 0.4) is 0 Å². The molecular weight excluding hydrogens is 752 g/mol. The summed E-state index contributed by atoms with van der Waals surface area (Å²) in [4.78, 5) is 56.8. The number of aliphatic hydroxyl groups excluding tert-OH is 2. The molecule has 0 aliphatic heterocycles. The number of esters is 2. The number of alkyl carbamates (subject to hydrolysis) is 2. The van der Waals surface area contributed by atoms with Crippen LogP contribution < -0.4 is 27.4 Å². The highest BCUT2D eigenvalue weighted by molar-refractivity contribution is 5.85. The molecule has 9 N–H and O–H groups in total. The number of amides is 3. The van der Waals surface area contributed by atoms with E-state index in [1.165, 1.54) is 50.6 Å². The molecule has 2 rings (SSSR count). The highest BCUT2D eigenvalue weighted by Crippen LogP contribution is 2.11. The molecule has 2 aromatic rings. The Morgan fingerprint density at radius 2 is 1.11 bits per heavy atom. The fraction of sp³-hybridized carbons (Fsp3) is 0.528. The fourth-order valence-electron chi connectivity index (χ4n) is 3.96. The molecule has 0 spiro atoms. The predicted molar refractivity (Wildman–Crippen MR) is 201 cm³/mol. The average molecular weight is 808 g/mol. The zero-order valence-electron chi connectivity index (χ0n) is 32.4. The Kier molecular flexibility index (Phi) is 25.0. The maximum atomic E-state index is 13.1. The van der Waals surface area contributed by atoms with Crippen molar-refractivity contribution in [3.8, 4) is 0 Å². The number of carbonyl (C=O) groups is 5. The summed E-state index contributed by atoms with van der Waals surface area (Å²) in [5, 5.41) is 25.5. The first-order valence-corrected chi connectivity index (χ1v) is 16.7. The van der Waals surface area contributed by atoms with Crippen molar-refractivity contribution < 1.29 is 61.9 Å². The molecule has 3 amide bonds. The summed E-state index contributed by atoms with van der Waals surface area (Å²) in [6.45, 7) is 9.76. The third-order valence-electron chi connectivity index (χ3n) is 6.48. The van der Waals surface area contributed by atoms with E-state index in [1.807, 2.05) is 0 Å². The number of ether oxygens (including phenoxy) is 4. The number of hydrogen-bond acceptors (Lipinski definition) is 13. The van der Waals surface area contributed by atoms with Gasteiger partial charge in [-0.25, -0.2) is 18.4 Å². The van der Waals surface area contributed by atoms with E-state index in [-0.39, 0.29) is 43.6 Å². The van der Waals surface area contributed by atoms with Gasteiger partial charge < -0.3 is 56.6 Å². The number of rotatable bonds is 14. The van der Waals surface area contributed by atoms with Gasteiger partial charge in [-0.05, 0) is 83.4 Å². The normalized spacial score (nSPS) is 12.9. The second-order valence-corrected chi connectivity index (χ2v) is 13.6. The van der Waals surface area contributed by atoms with Crippen molar-refractivity contribution in [3.05, 3.63) is 71.3 Å². The highest BCUT2D eigenvalue weighted by atomic mass is 35.5. The lowest BCUT2D eigenvalue weighted by molar-refractivity contribution is -0.144. The second kappa shape index (κ2) is 26.2. The van der Waals surface area contributed by atoms with Crippen molar-refractivity contribution in [2.45, 2.75) is 89.8 Å². The van der Waals surface area contributed by atoms with E-state index in [9.17, 15) is 37.9 Å². The van der Waals surface area contributed by atoms with Crippen molar-refractivity contribution in [1.29, 1.82) is 0 Å². The second-order valence-electron chi connectivity index (χ2n) is 13.6. The third kappa shape index (κ3) is 25.2. The zero-order chi connectivity index (χ0) is 41.6. The van der Waals surface area contributed by atoms with Gasteiger partial charge in [-0.1, -0.05) is 24.3 Å². The highest BCUT2D eigenvalue weighted by Gasteiger charge is 2.24. The Bertz CT molecular complexity index is 1460. The van der Waals surface area contributed by atoms with Gasteiger partial charge in [0.15, 0.2) is 0 Å². The largest absolute Gasteiger partial charge is 0.468 e. The van der Waals surface area contributed by atoms with Crippen molar-refractivity contribution in [1.82, 2.24) is 16.0 Å². The summed E-state index contributed by atoms with van der Waals surface area (Å²) in [6, 6.07) is 8.36. The number of benzene rings is 2. The van der Waals surface area contributed by atoms with Crippen LogP contribution in [0, 0.1) is 11.6 Å². The lowest BCUT2D eigenvalue weighted by Gasteiger charge is -2.25. The van der Waals surface area contributed by atoms with Gasteiger partial charge in [0.1, 0.15) is 41.0 Å². The molecular formula is C36H56ClF2N5O11. The van der Waals surface area contributed by atoms with Crippen LogP contribution in [0.5, 0.6) is 0 Å². The smallest absolute Gasteiger partial charge is 0.408 e. The van der Waals surface area contributed by atoms with Crippen LogP contribution in [-0.2, 0) is 46.2 Å². The minimum absolute atomic E-state index is 0. The molecule has 0 heterocycles. The number of nitrogens with two attached hydrogens (primary N) is 2. The molecule has 0 bridgehead atoms. The first-order chi connectivity index (χ1) is 25.0. The van der Waals surface area contributed by atoms with Gasteiger partial charge in [0.25, 0.3) is 0 Å². The molecule has 4 atom stereocenters. The molecule has 2 aromatic carbocycles. The van der Waals surface area contributed by atoms with Gasteiger partial charge in [0.05, 0.1) is 27.4 Å². The fourth-order valence-corrected chi connectivity index (χ4v) is 3.96. The van der Waals surface area contributed by atoms with Crippen molar-refractivity contribution in [3.63, 3.8) is 0 Å². The third-order valence-corrected chi connectivity index (χ3v) is 6.48. The number of carbonyl (C=O) groups excluding carboxylic acids is 5. The van der Waals surface area contributed by atoms with Crippen LogP contribution in [0.2, 0.25) is 0 Å². The first kappa shape index (κ1) is 52.5. The molecule has 16 nitrogen and oxygen atoms in total. The van der Waals surface area contributed by atoms with Crippen LogP contribution in [0.15, 0.2) is 48.5 Å². The van der Waals surface area contributed by atoms with E-state index in [0.29, 0.717) is 12.0 Å². The molecule has 19 heteroatoms. The molecule has 0 aliphatic carbocycles. The molecule has 0 fully saturated rings. The van der Waals surface area contributed by atoms with Crippen LogP contribution in [-0.4, -0.2) is 110 Å². The Morgan fingerprint density at radius 3 is 1.45 bits per heavy atom. The number of nitrogens with one attached hydrogen (secondary N) is 3. The number of primary amides is 1. The minimum atomic E-state index is -0.907. The number of aliphatic hydroxyl groups is 2. The van der Waals surface area contributed by atoms with Gasteiger partial charge in [-0.15, -0.1) is 12.4 Å². The van der Waals surface area contributed by atoms with E-state index in [1.54, 1.807) is 53.7 Å². The molecule has 0 saturated heterocycles. The average Bonchev–Trinajstić information content (AvgIpc) is 3.08. The molecule has 55 heavy (non-hydrogen) atoms. The van der Waals surface area contributed by atoms with Crippen LogP contribution in [0.25, 0.3) is 0 Å². The Labute approximate surface area is 326 Å². The maximum Gasteiger partial charge on any atom is 0.408 e. The lowest BCUT2D eigenvalue weighted by atomic mass is 10.1. The molecule has 0 aromatic heterocycles. The molecule has 0 unspecified atom stereocenters. The Balaban J connectivity index is 0. The van der Waals surface area contributed by atoms with Gasteiger partial charge in [0, 0.05) is 19.0 Å². The molecule has 312 valence electrons.